The maximum Gasteiger partial charge on any atom is 0.248 e. The first-order chi connectivity index (χ1) is 12.6. The van der Waals surface area contributed by atoms with E-state index in [0.717, 1.165) is 24.1 Å². The second kappa shape index (κ2) is 8.45. The molecule has 3 rings (SSSR count). The second-order valence-electron chi connectivity index (χ2n) is 6.61. The van der Waals surface area contributed by atoms with E-state index in [1.165, 1.54) is 11.1 Å². The van der Waals surface area contributed by atoms with E-state index in [0.29, 0.717) is 11.6 Å². The number of hydrogen-bond donors (Lipinski definition) is 2. The number of nitrogens with two attached hydrogens (primary N) is 1. The number of rotatable bonds is 7. The van der Waals surface area contributed by atoms with Crippen molar-refractivity contribution < 1.29 is 4.79 Å². The molecule has 0 aromatic heterocycles. The summed E-state index contributed by atoms with van der Waals surface area (Å²) in [5.74, 6) is -0.403. The molecule has 0 bridgehead atoms. The summed E-state index contributed by atoms with van der Waals surface area (Å²) in [6.07, 6.45) is 1.01. The third-order valence-electron chi connectivity index (χ3n) is 4.47. The summed E-state index contributed by atoms with van der Waals surface area (Å²) in [6, 6.07) is 26.7. The fourth-order valence-electron chi connectivity index (χ4n) is 3.00. The second-order valence-corrected chi connectivity index (χ2v) is 6.61. The molecule has 3 N–H and O–H groups in total. The molecule has 3 nitrogen and oxygen atoms in total. The molecule has 3 aromatic carbocycles. The summed E-state index contributed by atoms with van der Waals surface area (Å²) in [4.78, 5) is 11.3. The molecule has 3 aromatic rings. The zero-order valence-electron chi connectivity index (χ0n) is 15.0. The number of primary amides is 1. The lowest BCUT2D eigenvalue weighted by Gasteiger charge is -2.14. The van der Waals surface area contributed by atoms with Gasteiger partial charge in [0.1, 0.15) is 0 Å². The lowest BCUT2D eigenvalue weighted by molar-refractivity contribution is 0.100. The number of benzene rings is 3. The van der Waals surface area contributed by atoms with Crippen LogP contribution in [0.2, 0.25) is 0 Å². The van der Waals surface area contributed by atoms with Gasteiger partial charge in [-0.05, 0) is 47.7 Å². The monoisotopic (exact) mass is 344 g/mol. The summed E-state index contributed by atoms with van der Waals surface area (Å²) < 4.78 is 0. The minimum atomic E-state index is -0.403. The van der Waals surface area contributed by atoms with Gasteiger partial charge in [-0.15, -0.1) is 0 Å². The Bertz CT molecular complexity index is 857. The van der Waals surface area contributed by atoms with E-state index in [9.17, 15) is 4.79 Å². The maximum absolute atomic E-state index is 11.3. The molecule has 0 fully saturated rings. The van der Waals surface area contributed by atoms with E-state index in [1.807, 2.05) is 24.3 Å². The minimum Gasteiger partial charge on any atom is -0.366 e. The molecule has 0 radical (unpaired) electrons. The van der Waals surface area contributed by atoms with E-state index in [1.54, 1.807) is 6.07 Å². The van der Waals surface area contributed by atoms with E-state index >= 15 is 0 Å². The number of carbonyl (C=O) groups is 1. The quantitative estimate of drug-likeness (QED) is 0.676. The molecule has 0 heterocycles. The van der Waals surface area contributed by atoms with E-state index in [2.05, 4.69) is 60.8 Å². The van der Waals surface area contributed by atoms with Gasteiger partial charge >= 0.3 is 0 Å². The largest absolute Gasteiger partial charge is 0.366 e. The Labute approximate surface area is 154 Å². The van der Waals surface area contributed by atoms with Crippen molar-refractivity contribution in [2.45, 2.75) is 25.9 Å². The van der Waals surface area contributed by atoms with Gasteiger partial charge in [0.2, 0.25) is 5.91 Å². The Kier molecular flexibility index (Phi) is 5.82. The normalized spacial score (nSPS) is 11.9. The fourth-order valence-corrected chi connectivity index (χ4v) is 3.00. The molecule has 1 unspecified atom stereocenters. The van der Waals surface area contributed by atoms with Crippen LogP contribution in [0.4, 0.5) is 0 Å². The Balaban J connectivity index is 1.59. The van der Waals surface area contributed by atoms with Crippen LogP contribution in [0.1, 0.15) is 28.4 Å². The predicted molar refractivity (Wildman–Crippen MR) is 107 cm³/mol. The number of hydrogen-bond acceptors (Lipinski definition) is 2. The highest BCUT2D eigenvalue weighted by atomic mass is 16.1. The highest BCUT2D eigenvalue weighted by molar-refractivity contribution is 5.94. The molecule has 132 valence electrons. The van der Waals surface area contributed by atoms with Crippen LogP contribution in [-0.2, 0) is 13.0 Å². The van der Waals surface area contributed by atoms with E-state index in [-0.39, 0.29) is 0 Å². The minimum absolute atomic E-state index is 0.403. The van der Waals surface area contributed by atoms with Crippen LogP contribution in [0.15, 0.2) is 78.9 Å². The molecule has 0 spiro atoms. The molecule has 3 heteroatoms. The average Bonchev–Trinajstić information content (AvgIpc) is 2.68. The zero-order valence-corrected chi connectivity index (χ0v) is 15.0. The van der Waals surface area contributed by atoms with Gasteiger partial charge < -0.3 is 11.1 Å². The highest BCUT2D eigenvalue weighted by Gasteiger charge is 2.05. The Morgan fingerprint density at radius 1 is 0.885 bits per heavy atom. The summed E-state index contributed by atoms with van der Waals surface area (Å²) >= 11 is 0. The van der Waals surface area contributed by atoms with Crippen LogP contribution in [0.3, 0.4) is 0 Å². The third kappa shape index (κ3) is 4.80. The van der Waals surface area contributed by atoms with Crippen molar-refractivity contribution in [1.29, 1.82) is 0 Å². The van der Waals surface area contributed by atoms with Gasteiger partial charge in [-0.2, -0.15) is 0 Å². The van der Waals surface area contributed by atoms with Gasteiger partial charge in [0.25, 0.3) is 0 Å². The predicted octanol–water partition coefficient (Wildman–Crippen LogP) is 4.17. The van der Waals surface area contributed by atoms with Crippen molar-refractivity contribution in [1.82, 2.24) is 5.32 Å². The fraction of sp³-hybridized carbons (Fsp3) is 0.174. The average molecular weight is 344 g/mol. The SMILES string of the molecule is CC(Cc1ccccc1)NCc1ccc(-c2cccc(C(N)=O)c2)cc1. The number of carbonyl (C=O) groups excluding carboxylic acids is 1. The molecule has 0 aliphatic rings. The van der Waals surface area contributed by atoms with Crippen LogP contribution in [-0.4, -0.2) is 11.9 Å². The van der Waals surface area contributed by atoms with Gasteiger partial charge in [0, 0.05) is 18.2 Å². The van der Waals surface area contributed by atoms with Gasteiger partial charge in [0.15, 0.2) is 0 Å². The van der Waals surface area contributed by atoms with Crippen molar-refractivity contribution in [2.75, 3.05) is 0 Å². The van der Waals surface area contributed by atoms with E-state index in [4.69, 9.17) is 5.73 Å². The van der Waals surface area contributed by atoms with Crippen molar-refractivity contribution in [3.63, 3.8) is 0 Å². The number of amides is 1. The van der Waals surface area contributed by atoms with Crippen molar-refractivity contribution in [3.8, 4) is 11.1 Å². The van der Waals surface area contributed by atoms with Crippen LogP contribution in [0.5, 0.6) is 0 Å². The Hall–Kier alpha value is -2.91. The molecule has 0 saturated carbocycles. The summed E-state index contributed by atoms with van der Waals surface area (Å²) in [6.45, 7) is 3.03. The highest BCUT2D eigenvalue weighted by Crippen LogP contribution is 2.21. The van der Waals surface area contributed by atoms with Gasteiger partial charge in [-0.1, -0.05) is 66.7 Å². The smallest absolute Gasteiger partial charge is 0.248 e. The summed E-state index contributed by atoms with van der Waals surface area (Å²) in [5, 5.41) is 3.57. The standard InChI is InChI=1S/C23H24N2O/c1-17(14-18-6-3-2-4-7-18)25-16-19-10-12-20(13-11-19)21-8-5-9-22(15-21)23(24)26/h2-13,15,17,25H,14,16H2,1H3,(H2,24,26). The van der Waals surface area contributed by atoms with Crippen LogP contribution < -0.4 is 11.1 Å². The van der Waals surface area contributed by atoms with Crippen LogP contribution in [0.25, 0.3) is 11.1 Å². The first-order valence-electron chi connectivity index (χ1n) is 8.88. The van der Waals surface area contributed by atoms with Crippen molar-refractivity contribution in [2.24, 2.45) is 5.73 Å². The van der Waals surface area contributed by atoms with Crippen molar-refractivity contribution in [3.05, 3.63) is 95.6 Å². The maximum atomic E-state index is 11.3. The van der Waals surface area contributed by atoms with Gasteiger partial charge in [0.05, 0.1) is 0 Å². The molecular formula is C23H24N2O. The summed E-state index contributed by atoms with van der Waals surface area (Å²) in [7, 11) is 0. The molecular weight excluding hydrogens is 320 g/mol. The Morgan fingerprint density at radius 3 is 2.31 bits per heavy atom. The molecule has 0 aliphatic carbocycles. The molecule has 0 saturated heterocycles. The lowest BCUT2D eigenvalue weighted by Crippen LogP contribution is -2.27. The van der Waals surface area contributed by atoms with E-state index < -0.39 is 5.91 Å². The zero-order chi connectivity index (χ0) is 18.4. The van der Waals surface area contributed by atoms with Crippen LogP contribution >= 0.6 is 0 Å². The number of nitrogens with one attached hydrogen (secondary N) is 1. The third-order valence-corrected chi connectivity index (χ3v) is 4.47. The van der Waals surface area contributed by atoms with Crippen LogP contribution in [0, 0.1) is 0 Å². The molecule has 26 heavy (non-hydrogen) atoms. The van der Waals surface area contributed by atoms with Crippen molar-refractivity contribution >= 4 is 5.91 Å². The first kappa shape index (κ1) is 17.9. The van der Waals surface area contributed by atoms with Gasteiger partial charge in [-0.25, -0.2) is 0 Å². The molecule has 1 atom stereocenters. The molecule has 0 aliphatic heterocycles. The lowest BCUT2D eigenvalue weighted by atomic mass is 10.0. The van der Waals surface area contributed by atoms with Gasteiger partial charge in [-0.3, -0.25) is 4.79 Å². The topological polar surface area (TPSA) is 55.1 Å². The first-order valence-corrected chi connectivity index (χ1v) is 8.88. The Morgan fingerprint density at radius 2 is 1.62 bits per heavy atom. The molecule has 1 amide bonds. The summed E-state index contributed by atoms with van der Waals surface area (Å²) in [5.41, 5.74) is 10.5.